The van der Waals surface area contributed by atoms with Crippen LogP contribution in [0.15, 0.2) is 146 Å². The minimum Gasteiger partial charge on any atom is -0.394 e. The van der Waals surface area contributed by atoms with Gasteiger partial charge < -0.3 is 15.5 Å². The van der Waals surface area contributed by atoms with Crippen molar-refractivity contribution in [3.63, 3.8) is 0 Å². The SMILES string of the molecule is CC/C=C\C/C=C\C/C=C\C/C=C\C/C=C\C/C=C\C/C=C\C/C=C\C/C=C\CCCCCCCCCCCCCC(=O)NC(CO)C(O)/C=C/CC/C=C/CC/C=C/CCC. The van der Waals surface area contributed by atoms with Crippen LogP contribution in [-0.4, -0.2) is 34.9 Å². The molecule has 3 N–H and O–H groups in total. The second kappa shape index (κ2) is 51.6. The van der Waals surface area contributed by atoms with Crippen LogP contribution in [0.5, 0.6) is 0 Å². The van der Waals surface area contributed by atoms with Gasteiger partial charge in [-0.2, -0.15) is 0 Å². The van der Waals surface area contributed by atoms with Gasteiger partial charge in [0.25, 0.3) is 0 Å². The second-order valence-electron chi connectivity index (χ2n) is 16.1. The summed E-state index contributed by atoms with van der Waals surface area (Å²) in [7, 11) is 0. The van der Waals surface area contributed by atoms with Crippen LogP contribution in [0.1, 0.15) is 194 Å². The third-order valence-corrected chi connectivity index (χ3v) is 10.3. The van der Waals surface area contributed by atoms with Gasteiger partial charge in [-0.3, -0.25) is 4.79 Å². The fourth-order valence-corrected chi connectivity index (χ4v) is 6.50. The van der Waals surface area contributed by atoms with Gasteiger partial charge in [0.15, 0.2) is 0 Å². The van der Waals surface area contributed by atoms with E-state index in [1.165, 1.54) is 64.2 Å². The molecule has 1 amide bonds. The number of carbonyl (C=O) groups is 1. The lowest BCUT2D eigenvalue weighted by molar-refractivity contribution is -0.123. The van der Waals surface area contributed by atoms with Crippen molar-refractivity contribution in [2.75, 3.05) is 6.61 Å². The molecule has 2 atom stereocenters. The number of rotatable bonds is 43. The standard InChI is InChI=1S/C58H93NO3/c1-3-5-7-9-11-13-15-16-17-18-19-20-21-22-23-24-25-26-27-28-29-30-31-32-33-34-35-36-37-38-39-40-41-42-44-46-48-50-52-54-58(62)59-56(55-60)57(61)53-51-49-47-45-43-14-12-10-8-6-4-2/h5,7-8,10-11,13,16-17,19-20,22-23,25-26,28-29,31-32,34-35,43,45,51,53,56-57,60-61H,3-4,6,9,12,14-15,18,21,24,27,30,33,36-42,44,46-50,52,54-55H2,1-2H3,(H,59,62)/b7-5-,10-8+,13-11-,17-16-,20-19-,23-22-,26-25-,29-28-,32-31-,35-34-,45-43+,53-51+. The molecule has 0 spiro atoms. The van der Waals surface area contributed by atoms with Crippen LogP contribution in [0, 0.1) is 0 Å². The number of hydrogen-bond acceptors (Lipinski definition) is 3. The van der Waals surface area contributed by atoms with Gasteiger partial charge in [-0.15, -0.1) is 0 Å². The Morgan fingerprint density at radius 3 is 1.11 bits per heavy atom. The Bertz CT molecular complexity index is 1330. The normalized spacial score (nSPS) is 14.2. The predicted octanol–water partition coefficient (Wildman–Crippen LogP) is 16.5. The van der Waals surface area contributed by atoms with Gasteiger partial charge in [0.05, 0.1) is 18.8 Å². The number of unbranched alkanes of at least 4 members (excludes halogenated alkanes) is 14. The summed E-state index contributed by atoms with van der Waals surface area (Å²) in [5.74, 6) is -0.0907. The Balaban J connectivity index is 3.62. The van der Waals surface area contributed by atoms with E-state index < -0.39 is 12.1 Å². The van der Waals surface area contributed by atoms with Crippen LogP contribution in [0.2, 0.25) is 0 Å². The first kappa shape index (κ1) is 58.3. The third-order valence-electron chi connectivity index (χ3n) is 10.3. The Kier molecular flexibility index (Phi) is 48.5. The molecule has 2 unspecified atom stereocenters. The van der Waals surface area contributed by atoms with Gasteiger partial charge in [-0.25, -0.2) is 0 Å². The number of amides is 1. The predicted molar refractivity (Wildman–Crippen MR) is 275 cm³/mol. The number of allylic oxidation sites excluding steroid dienone is 23. The summed E-state index contributed by atoms with van der Waals surface area (Å²) in [5.41, 5.74) is 0. The average Bonchev–Trinajstić information content (AvgIpc) is 3.28. The average molecular weight is 852 g/mol. The van der Waals surface area contributed by atoms with Crippen LogP contribution in [0.25, 0.3) is 0 Å². The summed E-state index contributed by atoms with van der Waals surface area (Å²) in [4.78, 5) is 12.4. The molecule has 0 aliphatic carbocycles. The highest BCUT2D eigenvalue weighted by molar-refractivity contribution is 5.76. The van der Waals surface area contributed by atoms with E-state index in [9.17, 15) is 15.0 Å². The van der Waals surface area contributed by atoms with E-state index in [0.717, 1.165) is 109 Å². The molecule has 0 saturated heterocycles. The minimum atomic E-state index is -0.878. The van der Waals surface area contributed by atoms with Gasteiger partial charge in [0, 0.05) is 6.42 Å². The van der Waals surface area contributed by atoms with Crippen molar-refractivity contribution in [1.29, 1.82) is 0 Å². The van der Waals surface area contributed by atoms with Crippen molar-refractivity contribution < 1.29 is 15.0 Å². The molecule has 348 valence electrons. The fraction of sp³-hybridized carbons (Fsp3) is 0.569. The monoisotopic (exact) mass is 852 g/mol. The first-order valence-electron chi connectivity index (χ1n) is 25.0. The Morgan fingerprint density at radius 2 is 0.726 bits per heavy atom. The highest BCUT2D eigenvalue weighted by atomic mass is 16.3. The molecule has 4 nitrogen and oxygen atoms in total. The number of aliphatic hydroxyl groups excluding tert-OH is 2. The summed E-state index contributed by atoms with van der Waals surface area (Å²) in [6, 6.07) is -0.655. The van der Waals surface area contributed by atoms with E-state index in [1.807, 2.05) is 6.08 Å². The first-order chi connectivity index (χ1) is 30.7. The lowest BCUT2D eigenvalue weighted by Gasteiger charge is -2.19. The molecule has 0 aromatic carbocycles. The van der Waals surface area contributed by atoms with Crippen molar-refractivity contribution in [3.05, 3.63) is 146 Å². The van der Waals surface area contributed by atoms with E-state index in [1.54, 1.807) is 6.08 Å². The van der Waals surface area contributed by atoms with Crippen molar-refractivity contribution in [3.8, 4) is 0 Å². The smallest absolute Gasteiger partial charge is 0.220 e. The third kappa shape index (κ3) is 47.3. The Hall–Kier alpha value is -3.73. The summed E-state index contributed by atoms with van der Waals surface area (Å²) >= 11 is 0. The zero-order valence-corrected chi connectivity index (χ0v) is 39.8. The fourth-order valence-electron chi connectivity index (χ4n) is 6.50. The molecular formula is C58H93NO3. The molecule has 0 bridgehead atoms. The molecule has 4 heteroatoms. The zero-order chi connectivity index (χ0) is 44.9. The van der Waals surface area contributed by atoms with Gasteiger partial charge in [-0.05, 0) is 109 Å². The molecule has 0 aliphatic heterocycles. The van der Waals surface area contributed by atoms with Crippen LogP contribution in [0.3, 0.4) is 0 Å². The summed E-state index contributed by atoms with van der Waals surface area (Å²) < 4.78 is 0. The molecule has 0 radical (unpaired) electrons. The topological polar surface area (TPSA) is 69.6 Å². The van der Waals surface area contributed by atoms with E-state index in [0.29, 0.717) is 6.42 Å². The number of carbonyl (C=O) groups excluding carboxylic acids is 1. The highest BCUT2D eigenvalue weighted by Gasteiger charge is 2.17. The summed E-state index contributed by atoms with van der Waals surface area (Å²) in [6.07, 6.45) is 82.7. The number of aliphatic hydroxyl groups is 2. The van der Waals surface area contributed by atoms with E-state index in [-0.39, 0.29) is 12.5 Å². The maximum Gasteiger partial charge on any atom is 0.220 e. The lowest BCUT2D eigenvalue weighted by atomic mass is 10.0. The number of nitrogens with one attached hydrogen (secondary N) is 1. The van der Waals surface area contributed by atoms with E-state index in [4.69, 9.17) is 0 Å². The van der Waals surface area contributed by atoms with Gasteiger partial charge >= 0.3 is 0 Å². The van der Waals surface area contributed by atoms with E-state index in [2.05, 4.69) is 153 Å². The van der Waals surface area contributed by atoms with Crippen LogP contribution in [-0.2, 0) is 4.79 Å². The van der Waals surface area contributed by atoms with Gasteiger partial charge in [0.2, 0.25) is 5.91 Å². The molecule has 0 fully saturated rings. The summed E-state index contributed by atoms with van der Waals surface area (Å²) in [6.45, 7) is 4.08. The molecule has 0 aliphatic rings. The Labute approximate surface area is 383 Å². The zero-order valence-electron chi connectivity index (χ0n) is 39.8. The highest BCUT2D eigenvalue weighted by Crippen LogP contribution is 2.13. The van der Waals surface area contributed by atoms with E-state index >= 15 is 0 Å². The minimum absolute atomic E-state index is 0.0907. The Morgan fingerprint density at radius 1 is 0.403 bits per heavy atom. The van der Waals surface area contributed by atoms with Crippen molar-refractivity contribution in [2.24, 2.45) is 0 Å². The molecule has 0 rings (SSSR count). The molecule has 0 saturated carbocycles. The lowest BCUT2D eigenvalue weighted by Crippen LogP contribution is -2.45. The van der Waals surface area contributed by atoms with Crippen LogP contribution in [0.4, 0.5) is 0 Å². The number of hydrogen-bond donors (Lipinski definition) is 3. The maximum absolute atomic E-state index is 12.4. The first-order valence-corrected chi connectivity index (χ1v) is 25.0. The van der Waals surface area contributed by atoms with Gasteiger partial charge in [-0.1, -0.05) is 224 Å². The molecule has 62 heavy (non-hydrogen) atoms. The van der Waals surface area contributed by atoms with Crippen LogP contribution >= 0.6 is 0 Å². The maximum atomic E-state index is 12.4. The van der Waals surface area contributed by atoms with Crippen molar-refractivity contribution in [2.45, 2.75) is 206 Å². The van der Waals surface area contributed by atoms with Gasteiger partial charge in [0.1, 0.15) is 0 Å². The quantitative estimate of drug-likeness (QED) is 0.0423. The summed E-state index contributed by atoms with van der Waals surface area (Å²) in [5, 5.41) is 22.9. The van der Waals surface area contributed by atoms with Crippen molar-refractivity contribution in [1.82, 2.24) is 5.32 Å². The molecule has 0 heterocycles. The molecular weight excluding hydrogens is 759 g/mol. The van der Waals surface area contributed by atoms with Crippen LogP contribution < -0.4 is 5.32 Å². The largest absolute Gasteiger partial charge is 0.394 e. The molecule has 0 aromatic heterocycles. The molecule has 0 aromatic rings. The van der Waals surface area contributed by atoms with Crippen molar-refractivity contribution >= 4 is 5.91 Å². The second-order valence-corrected chi connectivity index (χ2v) is 16.1.